The van der Waals surface area contributed by atoms with Crippen molar-refractivity contribution >= 4 is 0 Å². The zero-order chi connectivity index (χ0) is 11.4. The lowest BCUT2D eigenvalue weighted by atomic mass is 10.0. The van der Waals surface area contributed by atoms with Crippen molar-refractivity contribution in [1.82, 2.24) is 15.2 Å². The lowest BCUT2D eigenvalue weighted by Crippen LogP contribution is -2.45. The third-order valence-electron chi connectivity index (χ3n) is 3.57. The van der Waals surface area contributed by atoms with E-state index in [-0.39, 0.29) is 0 Å². The maximum Gasteiger partial charge on any atom is 0.0572 e. The van der Waals surface area contributed by atoms with Crippen molar-refractivity contribution in [3.05, 3.63) is 30.1 Å². The van der Waals surface area contributed by atoms with Gasteiger partial charge in [0.2, 0.25) is 0 Å². The number of aromatic nitrogens is 1. The van der Waals surface area contributed by atoms with E-state index >= 15 is 0 Å². The van der Waals surface area contributed by atoms with Crippen LogP contribution in [0.4, 0.5) is 0 Å². The first-order chi connectivity index (χ1) is 7.79. The molecular formula is C13H21N3. The molecule has 2 rings (SSSR count). The molecule has 3 nitrogen and oxygen atoms in total. The quantitative estimate of drug-likeness (QED) is 0.840. The third-order valence-corrected chi connectivity index (χ3v) is 3.57. The Morgan fingerprint density at radius 3 is 3.00 bits per heavy atom. The van der Waals surface area contributed by atoms with Crippen LogP contribution in [0.15, 0.2) is 24.4 Å². The number of piperidine rings is 1. The molecule has 1 N–H and O–H groups in total. The predicted molar refractivity (Wildman–Crippen MR) is 66.3 cm³/mol. The second-order valence-corrected chi connectivity index (χ2v) is 4.60. The summed E-state index contributed by atoms with van der Waals surface area (Å²) in [5, 5.41) is 3.46. The average molecular weight is 219 g/mol. The van der Waals surface area contributed by atoms with Crippen LogP contribution in [0.3, 0.4) is 0 Å². The monoisotopic (exact) mass is 219 g/mol. The second kappa shape index (κ2) is 5.41. The predicted octanol–water partition coefficient (Wildman–Crippen LogP) is 1.83. The fourth-order valence-corrected chi connectivity index (χ4v) is 2.33. The maximum atomic E-state index is 4.43. The molecule has 16 heavy (non-hydrogen) atoms. The summed E-state index contributed by atoms with van der Waals surface area (Å²) in [5.41, 5.74) is 1.16. The van der Waals surface area contributed by atoms with Crippen molar-refractivity contribution in [2.75, 3.05) is 20.1 Å². The van der Waals surface area contributed by atoms with Crippen molar-refractivity contribution in [2.45, 2.75) is 31.8 Å². The van der Waals surface area contributed by atoms with Crippen LogP contribution in [-0.2, 0) is 0 Å². The van der Waals surface area contributed by atoms with Crippen molar-refractivity contribution in [2.24, 2.45) is 0 Å². The number of likely N-dealkylation sites (N-methyl/N-ethyl adjacent to an activating group) is 1. The van der Waals surface area contributed by atoms with Gasteiger partial charge in [0.25, 0.3) is 0 Å². The van der Waals surface area contributed by atoms with Crippen molar-refractivity contribution in [3.8, 4) is 0 Å². The van der Waals surface area contributed by atoms with Gasteiger partial charge in [-0.25, -0.2) is 0 Å². The minimum atomic E-state index is 0.395. The van der Waals surface area contributed by atoms with E-state index in [0.717, 1.165) is 12.2 Å². The van der Waals surface area contributed by atoms with Gasteiger partial charge in [-0.1, -0.05) is 6.07 Å². The zero-order valence-corrected chi connectivity index (χ0v) is 10.2. The Balaban J connectivity index is 2.00. The molecular weight excluding hydrogens is 198 g/mol. The maximum absolute atomic E-state index is 4.43. The SMILES string of the molecule is C[C@H](c1ccccn1)N(C)[C@@H]1CCCNC1. The first kappa shape index (κ1) is 11.6. The molecule has 1 aromatic rings. The second-order valence-electron chi connectivity index (χ2n) is 4.60. The van der Waals surface area contributed by atoms with Crippen LogP contribution in [0.25, 0.3) is 0 Å². The summed E-state index contributed by atoms with van der Waals surface area (Å²) < 4.78 is 0. The van der Waals surface area contributed by atoms with E-state index in [9.17, 15) is 0 Å². The van der Waals surface area contributed by atoms with Crippen LogP contribution in [0, 0.1) is 0 Å². The lowest BCUT2D eigenvalue weighted by molar-refractivity contribution is 0.154. The molecule has 0 unspecified atom stereocenters. The van der Waals surface area contributed by atoms with Crippen molar-refractivity contribution < 1.29 is 0 Å². The molecule has 0 aromatic carbocycles. The minimum absolute atomic E-state index is 0.395. The van der Waals surface area contributed by atoms with Gasteiger partial charge in [0, 0.05) is 24.8 Å². The van der Waals surface area contributed by atoms with Gasteiger partial charge in [-0.15, -0.1) is 0 Å². The molecule has 88 valence electrons. The third kappa shape index (κ3) is 2.60. The summed E-state index contributed by atoms with van der Waals surface area (Å²) in [6.45, 7) is 4.51. The van der Waals surface area contributed by atoms with Gasteiger partial charge in [-0.05, 0) is 45.5 Å². The Labute approximate surface area is 97.9 Å². The number of hydrogen-bond donors (Lipinski definition) is 1. The van der Waals surface area contributed by atoms with Gasteiger partial charge in [0.15, 0.2) is 0 Å². The van der Waals surface area contributed by atoms with E-state index in [4.69, 9.17) is 0 Å². The first-order valence-electron chi connectivity index (χ1n) is 6.12. The van der Waals surface area contributed by atoms with Crippen LogP contribution in [0.1, 0.15) is 31.5 Å². The standard InChI is InChI=1S/C13H21N3/c1-11(13-7-3-4-9-15-13)16(2)12-6-5-8-14-10-12/h3-4,7,9,11-12,14H,5-6,8,10H2,1-2H3/t11-,12-/m1/s1. The highest BCUT2D eigenvalue weighted by molar-refractivity contribution is 5.08. The molecule has 0 saturated carbocycles. The number of pyridine rings is 1. The summed E-state index contributed by atoms with van der Waals surface area (Å²) in [5.74, 6) is 0. The lowest BCUT2D eigenvalue weighted by Gasteiger charge is -2.35. The van der Waals surface area contributed by atoms with E-state index in [1.807, 2.05) is 12.3 Å². The molecule has 3 heteroatoms. The van der Waals surface area contributed by atoms with E-state index < -0.39 is 0 Å². The van der Waals surface area contributed by atoms with Crippen LogP contribution in [-0.4, -0.2) is 36.1 Å². The Morgan fingerprint density at radius 2 is 2.38 bits per heavy atom. The molecule has 1 aromatic heterocycles. The molecule has 0 radical (unpaired) electrons. The summed E-state index contributed by atoms with van der Waals surface area (Å²) in [7, 11) is 2.21. The fourth-order valence-electron chi connectivity index (χ4n) is 2.33. The molecule has 0 spiro atoms. The summed E-state index contributed by atoms with van der Waals surface area (Å²) in [6, 6.07) is 7.18. The Morgan fingerprint density at radius 1 is 1.50 bits per heavy atom. The van der Waals surface area contributed by atoms with Crippen LogP contribution in [0.5, 0.6) is 0 Å². The molecule has 2 atom stereocenters. The summed E-state index contributed by atoms with van der Waals surface area (Å²) in [4.78, 5) is 6.87. The molecule has 2 heterocycles. The van der Waals surface area contributed by atoms with Gasteiger partial charge in [-0.3, -0.25) is 9.88 Å². The smallest absolute Gasteiger partial charge is 0.0572 e. The summed E-state index contributed by atoms with van der Waals surface area (Å²) in [6.07, 6.45) is 4.45. The minimum Gasteiger partial charge on any atom is -0.315 e. The number of hydrogen-bond acceptors (Lipinski definition) is 3. The molecule has 0 amide bonds. The Bertz CT molecular complexity index is 306. The van der Waals surface area contributed by atoms with Gasteiger partial charge in [0.05, 0.1) is 5.69 Å². The highest BCUT2D eigenvalue weighted by Gasteiger charge is 2.22. The molecule has 1 saturated heterocycles. The van der Waals surface area contributed by atoms with E-state index in [1.54, 1.807) is 0 Å². The van der Waals surface area contributed by atoms with Crippen LogP contribution >= 0.6 is 0 Å². The number of rotatable bonds is 3. The highest BCUT2D eigenvalue weighted by Crippen LogP contribution is 2.21. The fraction of sp³-hybridized carbons (Fsp3) is 0.615. The van der Waals surface area contributed by atoms with Crippen molar-refractivity contribution in [3.63, 3.8) is 0 Å². The molecule has 1 aliphatic rings. The van der Waals surface area contributed by atoms with Gasteiger partial charge in [0.1, 0.15) is 0 Å². The Kier molecular flexibility index (Phi) is 3.91. The van der Waals surface area contributed by atoms with Gasteiger partial charge < -0.3 is 5.32 Å². The molecule has 0 aliphatic carbocycles. The topological polar surface area (TPSA) is 28.2 Å². The Hall–Kier alpha value is -0.930. The molecule has 1 fully saturated rings. The average Bonchev–Trinajstić information content (AvgIpc) is 2.39. The van der Waals surface area contributed by atoms with E-state index in [1.165, 1.54) is 19.4 Å². The number of nitrogens with one attached hydrogen (secondary N) is 1. The van der Waals surface area contributed by atoms with E-state index in [2.05, 4.69) is 41.3 Å². The molecule has 0 bridgehead atoms. The van der Waals surface area contributed by atoms with Gasteiger partial charge >= 0.3 is 0 Å². The summed E-state index contributed by atoms with van der Waals surface area (Å²) >= 11 is 0. The van der Waals surface area contributed by atoms with Gasteiger partial charge in [-0.2, -0.15) is 0 Å². The zero-order valence-electron chi connectivity index (χ0n) is 10.2. The van der Waals surface area contributed by atoms with E-state index in [0.29, 0.717) is 12.1 Å². The number of nitrogens with zero attached hydrogens (tertiary/aromatic N) is 2. The van der Waals surface area contributed by atoms with Crippen LogP contribution < -0.4 is 5.32 Å². The van der Waals surface area contributed by atoms with Crippen LogP contribution in [0.2, 0.25) is 0 Å². The highest BCUT2D eigenvalue weighted by atomic mass is 15.2. The largest absolute Gasteiger partial charge is 0.315 e. The first-order valence-corrected chi connectivity index (χ1v) is 6.12. The molecule has 1 aliphatic heterocycles. The van der Waals surface area contributed by atoms with Crippen molar-refractivity contribution in [1.29, 1.82) is 0 Å². The normalized spacial score (nSPS) is 23.3.